The standard InChI is InChI=1S/C21H28N6O3S/c1-13-6-7-15(9-23-13)16-8-18-19(17(20(22)28)10-24-27(18)11-16)26-14(2)21(3,4)12-25-31(5,29)30/h6-11,14,25-26H,12H2,1-5H3,(H2,22,28)/t14-/m1/s1. The van der Waals surface area contributed by atoms with E-state index in [-0.39, 0.29) is 18.2 Å². The Morgan fingerprint density at radius 1 is 1.26 bits per heavy atom. The van der Waals surface area contributed by atoms with Gasteiger partial charge in [-0.05, 0) is 31.4 Å². The summed E-state index contributed by atoms with van der Waals surface area (Å²) < 4.78 is 27.3. The summed E-state index contributed by atoms with van der Waals surface area (Å²) in [5.74, 6) is -0.600. The average Bonchev–Trinajstić information content (AvgIpc) is 3.11. The number of pyridine rings is 1. The molecule has 0 aliphatic heterocycles. The second-order valence-electron chi connectivity index (χ2n) is 8.49. The molecule has 0 fully saturated rings. The van der Waals surface area contributed by atoms with Gasteiger partial charge in [-0.15, -0.1) is 0 Å². The molecule has 3 aromatic heterocycles. The highest BCUT2D eigenvalue weighted by Crippen LogP contribution is 2.31. The third-order valence-corrected chi connectivity index (χ3v) is 6.14. The van der Waals surface area contributed by atoms with E-state index in [0.717, 1.165) is 23.1 Å². The van der Waals surface area contributed by atoms with Gasteiger partial charge in [-0.3, -0.25) is 9.78 Å². The smallest absolute Gasteiger partial charge is 0.252 e. The average molecular weight is 445 g/mol. The number of hydrogen-bond donors (Lipinski definition) is 3. The summed E-state index contributed by atoms with van der Waals surface area (Å²) in [5.41, 5.74) is 9.39. The summed E-state index contributed by atoms with van der Waals surface area (Å²) in [6, 6.07) is 5.62. The number of anilines is 1. The number of aromatic nitrogens is 3. The lowest BCUT2D eigenvalue weighted by Crippen LogP contribution is -2.43. The van der Waals surface area contributed by atoms with Gasteiger partial charge in [-0.2, -0.15) is 5.10 Å². The molecule has 0 saturated heterocycles. The van der Waals surface area contributed by atoms with Crippen LogP contribution in [0.1, 0.15) is 36.8 Å². The zero-order valence-corrected chi connectivity index (χ0v) is 19.1. The van der Waals surface area contributed by atoms with Crippen molar-refractivity contribution in [1.29, 1.82) is 0 Å². The maximum atomic E-state index is 12.1. The largest absolute Gasteiger partial charge is 0.380 e. The van der Waals surface area contributed by atoms with E-state index in [2.05, 4.69) is 20.1 Å². The molecule has 4 N–H and O–H groups in total. The topological polar surface area (TPSA) is 131 Å². The van der Waals surface area contributed by atoms with E-state index < -0.39 is 21.3 Å². The molecular weight excluding hydrogens is 416 g/mol. The molecule has 9 nitrogen and oxygen atoms in total. The van der Waals surface area contributed by atoms with Gasteiger partial charge in [-0.1, -0.05) is 19.9 Å². The molecule has 0 unspecified atom stereocenters. The Hall–Kier alpha value is -2.98. The summed E-state index contributed by atoms with van der Waals surface area (Å²) in [6.45, 7) is 7.96. The quantitative estimate of drug-likeness (QED) is 0.488. The Balaban J connectivity index is 2.01. The first-order chi connectivity index (χ1) is 14.4. The van der Waals surface area contributed by atoms with Crippen molar-refractivity contribution >= 4 is 27.1 Å². The first-order valence-corrected chi connectivity index (χ1v) is 11.7. The van der Waals surface area contributed by atoms with E-state index in [0.29, 0.717) is 11.2 Å². The normalized spacial score (nSPS) is 13.3. The lowest BCUT2D eigenvalue weighted by atomic mass is 9.85. The number of rotatable bonds is 8. The molecule has 3 aromatic rings. The zero-order valence-electron chi connectivity index (χ0n) is 18.3. The minimum absolute atomic E-state index is 0.203. The van der Waals surface area contributed by atoms with Crippen LogP contribution in [-0.4, -0.2) is 47.8 Å². The van der Waals surface area contributed by atoms with E-state index in [1.807, 2.05) is 52.1 Å². The SMILES string of the molecule is Cc1ccc(-c2cc3c(N[C@H](C)C(C)(C)CNS(C)(=O)=O)c(C(N)=O)cnn3c2)cn1. The molecule has 0 aromatic carbocycles. The van der Waals surface area contributed by atoms with Gasteiger partial charge >= 0.3 is 0 Å². The Kier molecular flexibility index (Phi) is 6.06. The van der Waals surface area contributed by atoms with Gasteiger partial charge in [0.2, 0.25) is 10.0 Å². The maximum absolute atomic E-state index is 12.1. The van der Waals surface area contributed by atoms with Crippen molar-refractivity contribution in [3.8, 4) is 11.1 Å². The molecule has 0 saturated carbocycles. The molecule has 1 atom stereocenters. The molecule has 0 aliphatic rings. The maximum Gasteiger partial charge on any atom is 0.252 e. The first-order valence-electron chi connectivity index (χ1n) is 9.83. The summed E-state index contributed by atoms with van der Waals surface area (Å²) in [4.78, 5) is 16.4. The van der Waals surface area contributed by atoms with Crippen molar-refractivity contribution in [2.45, 2.75) is 33.7 Å². The first kappa shape index (κ1) is 22.7. The third kappa shape index (κ3) is 5.20. The second kappa shape index (κ2) is 8.27. The predicted octanol–water partition coefficient (Wildman–Crippen LogP) is 2.18. The van der Waals surface area contributed by atoms with E-state index in [4.69, 9.17) is 5.73 Å². The summed E-state index contributed by atoms with van der Waals surface area (Å²) >= 11 is 0. The number of carbonyl (C=O) groups excluding carboxylic acids is 1. The van der Waals surface area contributed by atoms with E-state index >= 15 is 0 Å². The lowest BCUT2D eigenvalue weighted by Gasteiger charge is -2.33. The number of nitrogens with one attached hydrogen (secondary N) is 2. The van der Waals surface area contributed by atoms with E-state index in [1.54, 1.807) is 10.7 Å². The van der Waals surface area contributed by atoms with Gasteiger partial charge in [0.15, 0.2) is 0 Å². The molecule has 3 rings (SSSR count). The van der Waals surface area contributed by atoms with Crippen LogP contribution in [0.25, 0.3) is 16.6 Å². The van der Waals surface area contributed by atoms with Crippen LogP contribution >= 0.6 is 0 Å². The van der Waals surface area contributed by atoms with Gasteiger partial charge in [-0.25, -0.2) is 17.7 Å². The number of primary amides is 1. The van der Waals surface area contributed by atoms with Gasteiger partial charge in [0.1, 0.15) is 0 Å². The number of sulfonamides is 1. The van der Waals surface area contributed by atoms with Crippen molar-refractivity contribution in [3.63, 3.8) is 0 Å². The Bertz CT molecular complexity index is 1220. The molecule has 0 radical (unpaired) electrons. The monoisotopic (exact) mass is 444 g/mol. The van der Waals surface area contributed by atoms with Crippen LogP contribution in [0.4, 0.5) is 5.69 Å². The van der Waals surface area contributed by atoms with Crippen LogP contribution in [0.5, 0.6) is 0 Å². The lowest BCUT2D eigenvalue weighted by molar-refractivity contribution is 0.100. The summed E-state index contributed by atoms with van der Waals surface area (Å²) in [5, 5.41) is 7.70. The highest BCUT2D eigenvalue weighted by Gasteiger charge is 2.29. The predicted molar refractivity (Wildman–Crippen MR) is 121 cm³/mol. The van der Waals surface area contributed by atoms with Crippen LogP contribution in [0.2, 0.25) is 0 Å². The fraction of sp³-hybridized carbons (Fsp3) is 0.381. The number of aryl methyl sites for hydroxylation is 1. The van der Waals surface area contributed by atoms with E-state index in [9.17, 15) is 13.2 Å². The van der Waals surface area contributed by atoms with Gasteiger partial charge in [0.25, 0.3) is 5.91 Å². The van der Waals surface area contributed by atoms with Crippen LogP contribution in [0, 0.1) is 12.3 Å². The third-order valence-electron chi connectivity index (χ3n) is 5.47. The second-order valence-corrected chi connectivity index (χ2v) is 10.3. The van der Waals surface area contributed by atoms with Gasteiger partial charge < -0.3 is 11.1 Å². The van der Waals surface area contributed by atoms with Crippen LogP contribution in [0.15, 0.2) is 36.8 Å². The Labute approximate surface area is 182 Å². The number of carbonyl (C=O) groups is 1. The molecule has 0 bridgehead atoms. The highest BCUT2D eigenvalue weighted by molar-refractivity contribution is 7.88. The summed E-state index contributed by atoms with van der Waals surface area (Å²) in [6.07, 6.45) is 6.21. The van der Waals surface area contributed by atoms with Crippen molar-refractivity contribution in [3.05, 3.63) is 48.0 Å². The van der Waals surface area contributed by atoms with Crippen LogP contribution < -0.4 is 15.8 Å². The zero-order chi connectivity index (χ0) is 23.0. The molecule has 0 spiro atoms. The van der Waals surface area contributed by atoms with E-state index in [1.165, 1.54) is 6.20 Å². The number of nitrogens with zero attached hydrogens (tertiary/aromatic N) is 3. The van der Waals surface area contributed by atoms with Crippen molar-refractivity contribution < 1.29 is 13.2 Å². The molecule has 0 aliphatic carbocycles. The molecule has 10 heteroatoms. The Morgan fingerprint density at radius 3 is 2.55 bits per heavy atom. The number of amides is 1. The van der Waals surface area contributed by atoms with Crippen molar-refractivity contribution in [2.75, 3.05) is 18.1 Å². The van der Waals surface area contributed by atoms with Crippen molar-refractivity contribution in [1.82, 2.24) is 19.3 Å². The minimum Gasteiger partial charge on any atom is -0.380 e. The molecular formula is C21H28N6O3S. The number of fused-ring (bicyclic) bond motifs is 1. The summed E-state index contributed by atoms with van der Waals surface area (Å²) in [7, 11) is -3.32. The van der Waals surface area contributed by atoms with Crippen LogP contribution in [-0.2, 0) is 10.0 Å². The fourth-order valence-corrected chi connectivity index (χ4v) is 3.71. The number of nitrogens with two attached hydrogens (primary N) is 1. The highest BCUT2D eigenvalue weighted by atomic mass is 32.2. The van der Waals surface area contributed by atoms with Gasteiger partial charge in [0, 0.05) is 41.8 Å². The van der Waals surface area contributed by atoms with Crippen LogP contribution in [0.3, 0.4) is 0 Å². The molecule has 166 valence electrons. The molecule has 31 heavy (non-hydrogen) atoms. The fourth-order valence-electron chi connectivity index (χ4n) is 3.07. The molecule has 3 heterocycles. The minimum atomic E-state index is -3.32. The van der Waals surface area contributed by atoms with Gasteiger partial charge in [0.05, 0.1) is 29.2 Å². The van der Waals surface area contributed by atoms with Crippen molar-refractivity contribution in [2.24, 2.45) is 11.1 Å². The molecule has 1 amide bonds. The Morgan fingerprint density at radius 2 is 1.97 bits per heavy atom. The number of hydrogen-bond acceptors (Lipinski definition) is 6.